The minimum atomic E-state index is 0.380. The molecule has 0 amide bonds. The Labute approximate surface area is 81.9 Å². The third kappa shape index (κ3) is 3.83. The highest BCUT2D eigenvalue weighted by atomic mass is 16.5. The fraction of sp³-hybridized carbons (Fsp3) is 0.833. The summed E-state index contributed by atoms with van der Waals surface area (Å²) in [6, 6.07) is 0. The van der Waals surface area contributed by atoms with E-state index in [1.807, 2.05) is 0 Å². The second-order valence-electron chi connectivity index (χ2n) is 4.15. The molecular formula is C12H20O. The van der Waals surface area contributed by atoms with Gasteiger partial charge in [-0.15, -0.1) is 11.8 Å². The van der Waals surface area contributed by atoms with Gasteiger partial charge >= 0.3 is 0 Å². The van der Waals surface area contributed by atoms with Crippen molar-refractivity contribution in [2.45, 2.75) is 46.0 Å². The zero-order valence-electron chi connectivity index (χ0n) is 8.86. The Morgan fingerprint density at radius 3 is 2.77 bits per heavy atom. The van der Waals surface area contributed by atoms with E-state index in [-0.39, 0.29) is 0 Å². The molecule has 0 aromatic rings. The Hall–Kier alpha value is -0.480. The first kappa shape index (κ1) is 10.6. The molecule has 0 aliphatic heterocycles. The summed E-state index contributed by atoms with van der Waals surface area (Å²) in [5.41, 5.74) is 0.380. The zero-order chi connectivity index (χ0) is 9.57. The molecule has 0 saturated carbocycles. The number of hydrogen-bond acceptors (Lipinski definition) is 1. The maximum absolute atomic E-state index is 5.52. The third-order valence-corrected chi connectivity index (χ3v) is 2.72. The fourth-order valence-corrected chi connectivity index (χ4v) is 1.76. The molecule has 0 bridgehead atoms. The lowest BCUT2D eigenvalue weighted by atomic mass is 9.80. The van der Waals surface area contributed by atoms with E-state index >= 15 is 0 Å². The van der Waals surface area contributed by atoms with Crippen LogP contribution >= 0.6 is 0 Å². The van der Waals surface area contributed by atoms with Crippen LogP contribution in [0.2, 0.25) is 0 Å². The molecule has 0 heterocycles. The molecule has 0 aromatic heterocycles. The molecule has 1 heteroatoms. The van der Waals surface area contributed by atoms with Crippen molar-refractivity contribution < 1.29 is 4.74 Å². The monoisotopic (exact) mass is 180 g/mol. The molecule has 13 heavy (non-hydrogen) atoms. The molecule has 1 rings (SSSR count). The van der Waals surface area contributed by atoms with Gasteiger partial charge in [0, 0.05) is 19.4 Å². The summed E-state index contributed by atoms with van der Waals surface area (Å²) < 4.78 is 5.52. The first-order valence-electron chi connectivity index (χ1n) is 5.30. The van der Waals surface area contributed by atoms with Crippen molar-refractivity contribution in [3.63, 3.8) is 0 Å². The minimum Gasteiger partial charge on any atom is -0.381 e. The zero-order valence-corrected chi connectivity index (χ0v) is 8.86. The molecule has 0 aromatic carbocycles. The topological polar surface area (TPSA) is 9.23 Å². The van der Waals surface area contributed by atoms with Gasteiger partial charge in [-0.25, -0.2) is 0 Å². The molecule has 1 aliphatic carbocycles. The molecule has 0 spiro atoms. The van der Waals surface area contributed by atoms with Crippen molar-refractivity contribution in [3.8, 4) is 11.8 Å². The van der Waals surface area contributed by atoms with Crippen LogP contribution in [0.15, 0.2) is 0 Å². The summed E-state index contributed by atoms with van der Waals surface area (Å²) >= 11 is 0. The van der Waals surface area contributed by atoms with Gasteiger partial charge in [0.25, 0.3) is 0 Å². The fourth-order valence-electron chi connectivity index (χ4n) is 1.76. The quantitative estimate of drug-likeness (QED) is 0.607. The van der Waals surface area contributed by atoms with Gasteiger partial charge in [0.2, 0.25) is 0 Å². The maximum atomic E-state index is 5.52. The second-order valence-corrected chi connectivity index (χ2v) is 4.15. The van der Waals surface area contributed by atoms with Crippen molar-refractivity contribution in [3.05, 3.63) is 0 Å². The smallest absolute Gasteiger partial charge is 0.0519 e. The maximum Gasteiger partial charge on any atom is 0.0519 e. The summed E-state index contributed by atoms with van der Waals surface area (Å²) in [5.74, 6) is 6.40. The molecule has 1 nitrogen and oxygen atoms in total. The van der Waals surface area contributed by atoms with Crippen LogP contribution in [0, 0.1) is 17.3 Å². The highest BCUT2D eigenvalue weighted by Crippen LogP contribution is 2.30. The second kappa shape index (κ2) is 5.29. The summed E-state index contributed by atoms with van der Waals surface area (Å²) in [5, 5.41) is 0. The van der Waals surface area contributed by atoms with Crippen molar-refractivity contribution in [2.75, 3.05) is 13.2 Å². The molecule has 1 atom stereocenters. The third-order valence-electron chi connectivity index (χ3n) is 2.72. The molecule has 0 saturated heterocycles. The van der Waals surface area contributed by atoms with Crippen molar-refractivity contribution >= 4 is 0 Å². The largest absolute Gasteiger partial charge is 0.381 e. The molecule has 0 N–H and O–H groups in total. The van der Waals surface area contributed by atoms with Crippen LogP contribution in [-0.4, -0.2) is 13.2 Å². The van der Waals surface area contributed by atoms with Crippen LogP contribution in [0.1, 0.15) is 46.0 Å². The van der Waals surface area contributed by atoms with Gasteiger partial charge in [-0.05, 0) is 31.6 Å². The summed E-state index contributed by atoms with van der Waals surface area (Å²) in [4.78, 5) is 0. The van der Waals surface area contributed by atoms with Gasteiger partial charge in [0.1, 0.15) is 0 Å². The van der Waals surface area contributed by atoms with Gasteiger partial charge < -0.3 is 4.74 Å². The van der Waals surface area contributed by atoms with E-state index in [1.165, 1.54) is 19.3 Å². The normalized spacial score (nSPS) is 28.5. The van der Waals surface area contributed by atoms with Crippen molar-refractivity contribution in [1.82, 2.24) is 0 Å². The van der Waals surface area contributed by atoms with Gasteiger partial charge in [0.05, 0.1) is 6.61 Å². The summed E-state index contributed by atoms with van der Waals surface area (Å²) in [6.07, 6.45) is 5.81. The predicted molar refractivity (Wildman–Crippen MR) is 55.5 cm³/mol. The minimum absolute atomic E-state index is 0.380. The summed E-state index contributed by atoms with van der Waals surface area (Å²) in [6.45, 7) is 6.13. The van der Waals surface area contributed by atoms with E-state index in [0.717, 1.165) is 26.1 Å². The van der Waals surface area contributed by atoms with E-state index in [2.05, 4.69) is 25.7 Å². The van der Waals surface area contributed by atoms with E-state index in [4.69, 9.17) is 4.74 Å². The molecule has 0 radical (unpaired) electrons. The highest BCUT2D eigenvalue weighted by Gasteiger charge is 2.23. The molecule has 1 aliphatic rings. The van der Waals surface area contributed by atoms with E-state index in [0.29, 0.717) is 5.41 Å². The molecule has 1 unspecified atom stereocenters. The highest BCUT2D eigenvalue weighted by molar-refractivity contribution is 5.01. The van der Waals surface area contributed by atoms with Crippen molar-refractivity contribution in [1.29, 1.82) is 0 Å². The van der Waals surface area contributed by atoms with Crippen LogP contribution in [0.4, 0.5) is 0 Å². The van der Waals surface area contributed by atoms with Crippen LogP contribution in [0.3, 0.4) is 0 Å². The van der Waals surface area contributed by atoms with Gasteiger partial charge in [0.15, 0.2) is 0 Å². The SMILES string of the molecule is CCOCC1(C)CCC#CCCC1. The molecule has 0 fully saturated rings. The van der Waals surface area contributed by atoms with Gasteiger partial charge in [-0.3, -0.25) is 0 Å². The van der Waals surface area contributed by atoms with Crippen LogP contribution in [0.25, 0.3) is 0 Å². The van der Waals surface area contributed by atoms with Crippen LogP contribution < -0.4 is 0 Å². The first-order chi connectivity index (χ1) is 6.27. The van der Waals surface area contributed by atoms with E-state index in [9.17, 15) is 0 Å². The van der Waals surface area contributed by atoms with Crippen LogP contribution in [0.5, 0.6) is 0 Å². The van der Waals surface area contributed by atoms with Gasteiger partial charge in [-0.2, -0.15) is 0 Å². The Kier molecular flexibility index (Phi) is 4.32. The van der Waals surface area contributed by atoms with Crippen LogP contribution in [-0.2, 0) is 4.74 Å². The number of ether oxygens (including phenoxy) is 1. The lowest BCUT2D eigenvalue weighted by Crippen LogP contribution is -2.23. The first-order valence-corrected chi connectivity index (χ1v) is 5.30. The Morgan fingerprint density at radius 1 is 1.23 bits per heavy atom. The Balaban J connectivity index is 2.41. The van der Waals surface area contributed by atoms with E-state index < -0.39 is 0 Å². The number of rotatable bonds is 3. The summed E-state index contributed by atoms with van der Waals surface area (Å²) in [7, 11) is 0. The lowest BCUT2D eigenvalue weighted by molar-refractivity contribution is 0.0497. The molecule has 74 valence electrons. The molecular weight excluding hydrogens is 160 g/mol. The lowest BCUT2D eigenvalue weighted by Gasteiger charge is -2.29. The Bertz CT molecular complexity index is 199. The van der Waals surface area contributed by atoms with E-state index in [1.54, 1.807) is 0 Å². The number of hydrogen-bond donors (Lipinski definition) is 0. The standard InChI is InChI=1S/C12H20O/c1-3-13-11-12(2)9-7-5-4-6-8-10-12/h3,5,7-11H2,1-2H3. The van der Waals surface area contributed by atoms with Crippen molar-refractivity contribution in [2.24, 2.45) is 5.41 Å². The Morgan fingerprint density at radius 2 is 2.00 bits per heavy atom. The predicted octanol–water partition coefficient (Wildman–Crippen LogP) is 3.00. The average molecular weight is 180 g/mol. The average Bonchev–Trinajstić information content (AvgIpc) is 2.09. The van der Waals surface area contributed by atoms with Gasteiger partial charge in [-0.1, -0.05) is 6.92 Å².